The van der Waals surface area contributed by atoms with Crippen molar-refractivity contribution in [1.82, 2.24) is 19.8 Å². The highest BCUT2D eigenvalue weighted by molar-refractivity contribution is 6.30. The third-order valence-electron chi connectivity index (χ3n) is 5.91. The Hall–Kier alpha value is -2.18. The van der Waals surface area contributed by atoms with Crippen LogP contribution in [-0.2, 0) is 11.3 Å². The number of rotatable bonds is 4. The van der Waals surface area contributed by atoms with Gasteiger partial charge in [-0.25, -0.2) is 9.97 Å². The van der Waals surface area contributed by atoms with E-state index in [0.717, 1.165) is 44.0 Å². The number of aromatic nitrogens is 2. The second-order valence-electron chi connectivity index (χ2n) is 8.02. The maximum atomic E-state index is 13.3. The van der Waals surface area contributed by atoms with E-state index in [0.29, 0.717) is 5.95 Å². The number of carbonyl (C=O) groups excluding carboxylic acids is 1. The second kappa shape index (κ2) is 7.68. The Labute approximate surface area is 171 Å². The van der Waals surface area contributed by atoms with Crippen LogP contribution in [-0.4, -0.2) is 65.4 Å². The van der Waals surface area contributed by atoms with E-state index in [1.165, 1.54) is 5.56 Å². The van der Waals surface area contributed by atoms with Gasteiger partial charge < -0.3 is 9.80 Å². The number of benzene rings is 1. The molecule has 2 saturated heterocycles. The normalized spacial score (nSPS) is 24.8. The van der Waals surface area contributed by atoms with Crippen molar-refractivity contribution in [2.45, 2.75) is 25.4 Å². The number of halogens is 1. The molecule has 2 fully saturated rings. The van der Waals surface area contributed by atoms with Gasteiger partial charge in [0, 0.05) is 57.7 Å². The zero-order valence-corrected chi connectivity index (χ0v) is 17.1. The number of nitrogens with zero attached hydrogens (tertiary/aromatic N) is 5. The van der Waals surface area contributed by atoms with Crippen LogP contribution in [0.15, 0.2) is 42.7 Å². The molecule has 6 nitrogen and oxygen atoms in total. The Kier molecular flexibility index (Phi) is 5.25. The van der Waals surface area contributed by atoms with Crippen molar-refractivity contribution in [3.05, 3.63) is 53.3 Å². The number of hydrogen-bond donors (Lipinski definition) is 0. The Morgan fingerprint density at radius 2 is 2.07 bits per heavy atom. The standard InChI is InChI=1S/C21H26ClN5O/c1-25(2)19(28)21-8-4-11-27(20-23-9-5-10-24-20)18(21)14-26(15-21)13-16-6-3-7-17(22)12-16/h3,5-7,9-10,12,18H,4,8,11,13-15H2,1-2H3/t18-,21-/m0/s1. The molecule has 2 aliphatic rings. The highest BCUT2D eigenvalue weighted by atomic mass is 35.5. The Morgan fingerprint density at radius 1 is 1.29 bits per heavy atom. The van der Waals surface area contributed by atoms with Gasteiger partial charge in [0.05, 0.1) is 11.5 Å². The summed E-state index contributed by atoms with van der Waals surface area (Å²) in [6, 6.07) is 9.85. The topological polar surface area (TPSA) is 52.6 Å². The number of anilines is 1. The maximum Gasteiger partial charge on any atom is 0.231 e. The summed E-state index contributed by atoms with van der Waals surface area (Å²) in [5, 5.41) is 0.743. The van der Waals surface area contributed by atoms with Gasteiger partial charge in [-0.2, -0.15) is 0 Å². The molecule has 148 valence electrons. The smallest absolute Gasteiger partial charge is 0.231 e. The summed E-state index contributed by atoms with van der Waals surface area (Å²) in [5.74, 6) is 0.916. The largest absolute Gasteiger partial charge is 0.348 e. The van der Waals surface area contributed by atoms with E-state index in [-0.39, 0.29) is 11.9 Å². The summed E-state index contributed by atoms with van der Waals surface area (Å²) >= 11 is 6.17. The van der Waals surface area contributed by atoms with Gasteiger partial charge in [0.1, 0.15) is 0 Å². The number of carbonyl (C=O) groups is 1. The Balaban J connectivity index is 1.66. The van der Waals surface area contributed by atoms with Crippen LogP contribution in [0.2, 0.25) is 5.02 Å². The van der Waals surface area contributed by atoms with Gasteiger partial charge in [-0.1, -0.05) is 23.7 Å². The molecule has 1 aromatic heterocycles. The van der Waals surface area contributed by atoms with Crippen molar-refractivity contribution in [3.63, 3.8) is 0 Å². The molecule has 4 rings (SSSR count). The first-order chi connectivity index (χ1) is 13.5. The van der Waals surface area contributed by atoms with Gasteiger partial charge in [-0.3, -0.25) is 9.69 Å². The lowest BCUT2D eigenvalue weighted by atomic mass is 9.74. The molecular formula is C21H26ClN5O. The summed E-state index contributed by atoms with van der Waals surface area (Å²) in [6.07, 6.45) is 5.39. The van der Waals surface area contributed by atoms with Crippen LogP contribution >= 0.6 is 11.6 Å². The molecule has 1 amide bonds. The van der Waals surface area contributed by atoms with E-state index in [4.69, 9.17) is 11.6 Å². The first-order valence-corrected chi connectivity index (χ1v) is 10.1. The SMILES string of the molecule is CN(C)C(=O)[C@]12CCCN(c3ncccn3)[C@H]1CN(Cc1cccc(Cl)c1)C2. The number of likely N-dealkylation sites (tertiary alicyclic amines) is 1. The van der Waals surface area contributed by atoms with Crippen LogP contribution in [0.25, 0.3) is 0 Å². The molecule has 0 unspecified atom stereocenters. The molecule has 1 aromatic carbocycles. The van der Waals surface area contributed by atoms with E-state index < -0.39 is 5.41 Å². The van der Waals surface area contributed by atoms with Crippen molar-refractivity contribution in [2.24, 2.45) is 5.41 Å². The molecule has 0 saturated carbocycles. The van der Waals surface area contributed by atoms with E-state index >= 15 is 0 Å². The summed E-state index contributed by atoms with van der Waals surface area (Å²) in [6.45, 7) is 3.21. The lowest BCUT2D eigenvalue weighted by Gasteiger charge is -2.45. The zero-order chi connectivity index (χ0) is 19.7. The van der Waals surface area contributed by atoms with Crippen molar-refractivity contribution in [2.75, 3.05) is 38.6 Å². The van der Waals surface area contributed by atoms with Gasteiger partial charge in [-0.15, -0.1) is 0 Å². The minimum atomic E-state index is -0.431. The van der Waals surface area contributed by atoms with E-state index in [9.17, 15) is 4.79 Å². The summed E-state index contributed by atoms with van der Waals surface area (Å²) in [4.78, 5) is 28.6. The third-order valence-corrected chi connectivity index (χ3v) is 6.14. The molecule has 2 aliphatic heterocycles. The molecule has 28 heavy (non-hydrogen) atoms. The highest BCUT2D eigenvalue weighted by Crippen LogP contribution is 2.44. The molecule has 2 aromatic rings. The molecule has 0 bridgehead atoms. The van der Waals surface area contributed by atoms with Gasteiger partial charge in [-0.05, 0) is 36.6 Å². The minimum absolute atomic E-state index is 0.0673. The quantitative estimate of drug-likeness (QED) is 0.791. The zero-order valence-electron chi connectivity index (χ0n) is 16.4. The van der Waals surface area contributed by atoms with E-state index in [1.807, 2.05) is 38.4 Å². The summed E-state index contributed by atoms with van der Waals surface area (Å²) in [7, 11) is 3.71. The van der Waals surface area contributed by atoms with E-state index in [2.05, 4.69) is 25.8 Å². The third kappa shape index (κ3) is 3.47. The number of amides is 1. The lowest BCUT2D eigenvalue weighted by molar-refractivity contribution is -0.140. The van der Waals surface area contributed by atoms with Crippen LogP contribution in [0.3, 0.4) is 0 Å². The highest BCUT2D eigenvalue weighted by Gasteiger charge is 2.56. The average molecular weight is 400 g/mol. The average Bonchev–Trinajstić information content (AvgIpc) is 3.07. The van der Waals surface area contributed by atoms with Crippen LogP contribution in [0, 0.1) is 5.41 Å². The predicted molar refractivity (Wildman–Crippen MR) is 110 cm³/mol. The molecular weight excluding hydrogens is 374 g/mol. The summed E-state index contributed by atoms with van der Waals surface area (Å²) in [5.41, 5.74) is 0.737. The molecule has 0 N–H and O–H groups in total. The van der Waals surface area contributed by atoms with Crippen LogP contribution in [0.5, 0.6) is 0 Å². The van der Waals surface area contributed by atoms with Crippen molar-refractivity contribution >= 4 is 23.5 Å². The number of piperidine rings is 1. The fourth-order valence-electron chi connectivity index (χ4n) is 4.81. The molecule has 0 spiro atoms. The van der Waals surface area contributed by atoms with Crippen molar-refractivity contribution < 1.29 is 4.79 Å². The number of fused-ring (bicyclic) bond motifs is 1. The fraction of sp³-hybridized carbons (Fsp3) is 0.476. The predicted octanol–water partition coefficient (Wildman–Crippen LogP) is 2.69. The molecule has 0 aliphatic carbocycles. The van der Waals surface area contributed by atoms with E-state index in [1.54, 1.807) is 17.3 Å². The molecule has 2 atom stereocenters. The Morgan fingerprint density at radius 3 is 2.79 bits per heavy atom. The fourth-order valence-corrected chi connectivity index (χ4v) is 5.02. The first kappa shape index (κ1) is 19.2. The Bertz CT molecular complexity index is 846. The van der Waals surface area contributed by atoms with Gasteiger partial charge in [0.15, 0.2) is 0 Å². The molecule has 7 heteroatoms. The van der Waals surface area contributed by atoms with Gasteiger partial charge >= 0.3 is 0 Å². The van der Waals surface area contributed by atoms with Crippen molar-refractivity contribution in [3.8, 4) is 0 Å². The second-order valence-corrected chi connectivity index (χ2v) is 8.45. The lowest BCUT2D eigenvalue weighted by Crippen LogP contribution is -2.58. The number of hydrogen-bond acceptors (Lipinski definition) is 5. The monoisotopic (exact) mass is 399 g/mol. The van der Waals surface area contributed by atoms with Crippen molar-refractivity contribution in [1.29, 1.82) is 0 Å². The molecule has 3 heterocycles. The van der Waals surface area contributed by atoms with Crippen LogP contribution in [0.4, 0.5) is 5.95 Å². The van der Waals surface area contributed by atoms with Gasteiger partial charge in [0.25, 0.3) is 0 Å². The summed E-state index contributed by atoms with van der Waals surface area (Å²) < 4.78 is 0. The van der Waals surface area contributed by atoms with Crippen LogP contribution in [0.1, 0.15) is 18.4 Å². The maximum absolute atomic E-state index is 13.3. The van der Waals surface area contributed by atoms with Crippen LogP contribution < -0.4 is 4.90 Å². The van der Waals surface area contributed by atoms with Gasteiger partial charge in [0.2, 0.25) is 11.9 Å². The minimum Gasteiger partial charge on any atom is -0.348 e. The first-order valence-electron chi connectivity index (χ1n) is 9.72. The molecule has 0 radical (unpaired) electrons.